The lowest BCUT2D eigenvalue weighted by molar-refractivity contribution is -0.646. The lowest BCUT2D eigenvalue weighted by atomic mass is 9.89. The molecule has 2 aliphatic rings. The molecule has 15 heteroatoms. The number of nitrogens with zero attached hydrogens (tertiary/aromatic N) is 3. The second-order valence-corrected chi connectivity index (χ2v) is 23.7. The van der Waals surface area contributed by atoms with Crippen molar-refractivity contribution in [2.24, 2.45) is 7.05 Å². The zero-order valence-electron chi connectivity index (χ0n) is 51.4. The molecule has 10 aromatic rings. The molecule has 5 N–H and O–H groups in total. The Morgan fingerprint density at radius 2 is 1.38 bits per heavy atom. The van der Waals surface area contributed by atoms with Crippen LogP contribution in [0.2, 0.25) is 0 Å². The average molecular weight is 1190 g/mol. The summed E-state index contributed by atoms with van der Waals surface area (Å²) < 4.78 is 22.0. The predicted molar refractivity (Wildman–Crippen MR) is 347 cm³/mol. The summed E-state index contributed by atoms with van der Waals surface area (Å²) in [5, 5.41) is 66.9. The number of pyridine rings is 1. The number of aromatic carboxylic acids is 2. The van der Waals surface area contributed by atoms with Gasteiger partial charge in [-0.05, 0) is 159 Å². The Kier molecular flexibility index (Phi) is 17.2. The molecule has 0 saturated carbocycles. The smallest absolute Gasteiger partial charge is 0.339 e. The van der Waals surface area contributed by atoms with Crippen LogP contribution in [-0.2, 0) is 26.3 Å². The minimum atomic E-state index is -1.34. The van der Waals surface area contributed by atoms with Crippen LogP contribution in [0.25, 0.3) is 56.4 Å². The molecular weight excluding hydrogens is 1120 g/mol. The quantitative estimate of drug-likeness (QED) is 0.0569. The summed E-state index contributed by atoms with van der Waals surface area (Å²) in [6, 6.07) is 47.0. The van der Waals surface area contributed by atoms with Crippen molar-refractivity contribution in [3.8, 4) is 40.2 Å². The van der Waals surface area contributed by atoms with E-state index < -0.39 is 40.7 Å². The topological polar surface area (TPSA) is 215 Å². The molecule has 0 spiro atoms. The molecule has 0 saturated heterocycles. The maximum Gasteiger partial charge on any atom is 0.339 e. The third-order valence-corrected chi connectivity index (χ3v) is 16.6. The molecule has 0 bridgehead atoms. The van der Waals surface area contributed by atoms with Crippen molar-refractivity contribution in [1.29, 1.82) is 0 Å². The number of ether oxygens (including phenoxy) is 3. The Balaban J connectivity index is 0.000000147. The fourth-order valence-corrected chi connectivity index (χ4v) is 11.6. The molecule has 0 amide bonds. The summed E-state index contributed by atoms with van der Waals surface area (Å²) in [6.07, 6.45) is 7.91. The van der Waals surface area contributed by atoms with E-state index >= 15 is 0 Å². The molecule has 8 aromatic carbocycles. The van der Waals surface area contributed by atoms with Crippen LogP contribution in [-0.4, -0.2) is 86.3 Å². The van der Waals surface area contributed by atoms with Crippen LogP contribution < -0.4 is 28.8 Å². The minimum Gasteiger partial charge on any atom is -0.872 e. The number of aryl methyl sites for hydroxylation is 2. The van der Waals surface area contributed by atoms with Gasteiger partial charge in [-0.15, -0.1) is 0 Å². The van der Waals surface area contributed by atoms with E-state index in [-0.39, 0.29) is 52.2 Å². The van der Waals surface area contributed by atoms with Gasteiger partial charge in [-0.25, -0.2) is 9.59 Å². The number of rotatable bonds is 12. The number of methoxy groups -OCH3 is 1. The van der Waals surface area contributed by atoms with Gasteiger partial charge in [0.1, 0.15) is 52.6 Å². The van der Waals surface area contributed by atoms with Crippen LogP contribution in [0.1, 0.15) is 109 Å². The number of hydrogen-bond acceptors (Lipinski definition) is 11. The number of phenols is 2. The SMILES string of the molecule is COc1c(CC(=O)c2cc3c(cc2O)OC(C)(C)C(O)C3)ccc2c1C=CC(C)(C)O2.Cc1cc(C=Cc2ccc3cc(N(C)C)ccc3[n+]2C)c(C)n1-c1ccccc1.O=C(O)c1cc2ccccc2c(Cc2c(O)c(C(=O)O)cc3ccccc23)c1[O-]. The number of benzene rings is 8. The van der Waals surface area contributed by atoms with Gasteiger partial charge in [0.05, 0.1) is 29.9 Å². The van der Waals surface area contributed by atoms with E-state index in [2.05, 4.69) is 128 Å². The van der Waals surface area contributed by atoms with E-state index in [9.17, 15) is 45.0 Å². The normalized spacial score (nSPS) is 14.3. The van der Waals surface area contributed by atoms with Gasteiger partial charge in [-0.3, -0.25) is 4.79 Å². The molecule has 89 heavy (non-hydrogen) atoms. The summed E-state index contributed by atoms with van der Waals surface area (Å²) in [5.74, 6) is -2.34. The summed E-state index contributed by atoms with van der Waals surface area (Å²) >= 11 is 0. The van der Waals surface area contributed by atoms with Crippen LogP contribution in [0.3, 0.4) is 0 Å². The van der Waals surface area contributed by atoms with Crippen molar-refractivity contribution in [2.45, 2.75) is 78.1 Å². The van der Waals surface area contributed by atoms with Gasteiger partial charge in [-0.1, -0.05) is 78.5 Å². The lowest BCUT2D eigenvalue weighted by Crippen LogP contribution is -2.46. The van der Waals surface area contributed by atoms with Gasteiger partial charge in [0.25, 0.3) is 0 Å². The number of carbonyl (C=O) groups is 3. The maximum atomic E-state index is 13.1. The fourth-order valence-electron chi connectivity index (χ4n) is 11.6. The number of fused-ring (bicyclic) bond motifs is 5. The van der Waals surface area contributed by atoms with Crippen LogP contribution in [0, 0.1) is 13.8 Å². The van der Waals surface area contributed by atoms with E-state index in [0.29, 0.717) is 56.3 Å². The van der Waals surface area contributed by atoms with Gasteiger partial charge in [0, 0.05) is 96.9 Å². The summed E-state index contributed by atoms with van der Waals surface area (Å²) in [4.78, 5) is 38.4. The van der Waals surface area contributed by atoms with E-state index in [0.717, 1.165) is 5.56 Å². The fraction of sp³-hybridized carbons (Fsp3) is 0.216. The molecule has 1 unspecified atom stereocenters. The standard InChI is InChI=1S/C26H28N3.C25H28O6.C23H16O6/c1-19-17-21(20(2)29(19)24-9-7-6-8-10-24)11-13-23-14-12-22-18-25(27(3)4)15-16-26(22)28(23)5;1-24(2)9-8-16-20(30-24)7-6-14(23(16)29-5)11-18(26)17-10-15-12-22(28)25(3,4)31-21(15)13-19(17)27;24-20-16(14-7-3-1-5-12(14)9-18(20)22(26)27)11-17-15-8-4-2-6-13(15)10-19(21(17)25)23(28)29/h6-18H,1-5H3;6-10,13,22,27-28H,11-12H2,1-5H3;1-10,24-25H,11H2,(H,26,27)(H,28,29)/q+1;;/p-1. The van der Waals surface area contributed by atoms with E-state index in [1.54, 1.807) is 75.6 Å². The van der Waals surface area contributed by atoms with Crippen molar-refractivity contribution in [3.63, 3.8) is 0 Å². The first-order valence-corrected chi connectivity index (χ1v) is 29.1. The molecule has 0 fully saturated rings. The largest absolute Gasteiger partial charge is 0.872 e. The third-order valence-electron chi connectivity index (χ3n) is 16.6. The Bertz CT molecular complexity index is 4400. The number of carbonyl (C=O) groups excluding carboxylic acids is 1. The lowest BCUT2D eigenvalue weighted by Gasteiger charge is -2.37. The maximum absolute atomic E-state index is 13.1. The number of aliphatic hydroxyl groups is 1. The Morgan fingerprint density at radius 1 is 0.730 bits per heavy atom. The second-order valence-electron chi connectivity index (χ2n) is 23.7. The van der Waals surface area contributed by atoms with Crippen LogP contribution in [0.4, 0.5) is 5.69 Å². The number of para-hydroxylation sites is 1. The Hall–Kier alpha value is -10.4. The zero-order chi connectivity index (χ0) is 63.8. The van der Waals surface area contributed by atoms with Crippen molar-refractivity contribution < 1.29 is 63.8 Å². The molecule has 2 aromatic heterocycles. The minimum absolute atomic E-state index is 0.0505. The van der Waals surface area contributed by atoms with E-state index in [4.69, 9.17) is 14.2 Å². The highest BCUT2D eigenvalue weighted by Gasteiger charge is 2.37. The van der Waals surface area contributed by atoms with Crippen molar-refractivity contribution >= 4 is 74.1 Å². The first kappa shape index (κ1) is 61.7. The van der Waals surface area contributed by atoms with Crippen molar-refractivity contribution in [3.05, 3.63) is 225 Å². The average Bonchev–Trinajstić information content (AvgIpc) is 1.67. The molecule has 2 aliphatic heterocycles. The van der Waals surface area contributed by atoms with Gasteiger partial charge in [0.15, 0.2) is 5.78 Å². The Labute approximate surface area is 516 Å². The zero-order valence-corrected chi connectivity index (χ0v) is 51.4. The number of carboxylic acid groups (broad SMARTS) is 2. The molecule has 12 rings (SSSR count). The summed E-state index contributed by atoms with van der Waals surface area (Å²) in [5.41, 5.74) is 9.62. The number of aliphatic hydroxyl groups excluding tert-OH is 1. The van der Waals surface area contributed by atoms with Crippen LogP contribution >= 0.6 is 0 Å². The number of Topliss-reactive ketones (excluding diaryl/α,β-unsaturated/α-hetero) is 1. The molecule has 0 radical (unpaired) electrons. The van der Waals surface area contributed by atoms with Gasteiger partial charge >= 0.3 is 11.9 Å². The summed E-state index contributed by atoms with van der Waals surface area (Å²) in [6.45, 7) is 11.9. The Morgan fingerprint density at radius 3 is 2.04 bits per heavy atom. The first-order valence-electron chi connectivity index (χ1n) is 29.1. The number of carboxylic acids is 2. The van der Waals surface area contributed by atoms with Crippen molar-refractivity contribution in [1.82, 2.24) is 4.57 Å². The number of anilines is 1. The highest BCUT2D eigenvalue weighted by atomic mass is 16.5. The van der Waals surface area contributed by atoms with Crippen molar-refractivity contribution in [2.75, 3.05) is 26.1 Å². The van der Waals surface area contributed by atoms with Crippen LogP contribution in [0.5, 0.6) is 34.5 Å². The number of aromatic nitrogens is 2. The van der Waals surface area contributed by atoms with Crippen LogP contribution in [0.15, 0.2) is 158 Å². The van der Waals surface area contributed by atoms with Gasteiger partial charge in [-0.2, -0.15) is 4.57 Å². The molecule has 4 heterocycles. The number of ketones is 1. The second kappa shape index (κ2) is 24.8. The number of aromatic hydroxyl groups is 2. The molecule has 1 atom stereocenters. The molecule has 15 nitrogen and oxygen atoms in total. The van der Waals surface area contributed by atoms with Gasteiger partial charge in [0.2, 0.25) is 11.2 Å². The molecular formula is C74H71N3O12. The highest BCUT2D eigenvalue weighted by molar-refractivity contribution is 6.03. The van der Waals surface area contributed by atoms with E-state index in [1.165, 1.54) is 63.1 Å². The molecule has 0 aliphatic carbocycles. The monoisotopic (exact) mass is 1190 g/mol. The van der Waals surface area contributed by atoms with Gasteiger partial charge < -0.3 is 54.3 Å². The van der Waals surface area contributed by atoms with E-state index in [1.807, 2.05) is 38.1 Å². The summed E-state index contributed by atoms with van der Waals surface area (Å²) in [7, 11) is 7.84. The predicted octanol–water partition coefficient (Wildman–Crippen LogP) is 13.2. The third kappa shape index (κ3) is 12.6. The first-order chi connectivity index (χ1) is 42.3. The molecule has 454 valence electrons. The highest BCUT2D eigenvalue weighted by Crippen LogP contribution is 2.42. The number of hydrogen-bond donors (Lipinski definition) is 5. The number of phenolic OH excluding ortho intramolecular Hbond substituents is 1.